The monoisotopic (exact) mass is 430 g/mol. The Hall–Kier alpha value is -2.92. The Bertz CT molecular complexity index is 1100. The first-order valence-corrected chi connectivity index (χ1v) is 10.7. The zero-order chi connectivity index (χ0) is 20.2. The van der Waals surface area contributed by atoms with Crippen molar-refractivity contribution in [3.8, 4) is 11.4 Å². The number of anilines is 1. The predicted octanol–water partition coefficient (Wildman–Crippen LogP) is 3.63. The maximum Gasteiger partial charge on any atom is 0.236 e. The van der Waals surface area contributed by atoms with Crippen molar-refractivity contribution in [3.05, 3.63) is 47.3 Å². The van der Waals surface area contributed by atoms with Gasteiger partial charge in [-0.3, -0.25) is 14.7 Å². The number of nitrogens with zero attached hydrogens (tertiary/aromatic N) is 5. The molecule has 0 aliphatic heterocycles. The number of rotatable bonds is 8. The van der Waals surface area contributed by atoms with Crippen LogP contribution in [-0.2, 0) is 17.8 Å². The molecule has 29 heavy (non-hydrogen) atoms. The number of aryl methyl sites for hydroxylation is 2. The minimum absolute atomic E-state index is 0.168. The fourth-order valence-corrected chi connectivity index (χ4v) is 4.08. The molecule has 0 unspecified atom stereocenters. The summed E-state index contributed by atoms with van der Waals surface area (Å²) < 4.78 is 12.8. The smallest absolute Gasteiger partial charge is 0.236 e. The summed E-state index contributed by atoms with van der Waals surface area (Å²) in [5, 5.41) is 21.3. The van der Waals surface area contributed by atoms with Gasteiger partial charge in [-0.15, -0.1) is 20.4 Å². The third-order valence-corrected chi connectivity index (χ3v) is 6.01. The first kappa shape index (κ1) is 19.4. The molecule has 4 aromatic heterocycles. The van der Waals surface area contributed by atoms with Crippen LogP contribution in [0, 0.1) is 6.92 Å². The van der Waals surface area contributed by atoms with Crippen molar-refractivity contribution in [1.29, 1.82) is 0 Å². The lowest BCUT2D eigenvalue weighted by molar-refractivity contribution is -0.113. The molecule has 0 saturated heterocycles. The van der Waals surface area contributed by atoms with Crippen LogP contribution in [0.15, 0.2) is 44.7 Å². The highest BCUT2D eigenvalue weighted by molar-refractivity contribution is 7.99. The van der Waals surface area contributed by atoms with Crippen molar-refractivity contribution in [2.24, 2.45) is 0 Å². The third-order valence-electron chi connectivity index (χ3n) is 4.06. The van der Waals surface area contributed by atoms with E-state index in [1.54, 1.807) is 12.5 Å². The molecule has 150 valence electrons. The largest absolute Gasteiger partial charge is 0.469 e. The van der Waals surface area contributed by atoms with Crippen LogP contribution in [0.3, 0.4) is 0 Å². The molecule has 11 heteroatoms. The molecule has 1 amide bonds. The summed E-state index contributed by atoms with van der Waals surface area (Å²) in [6, 6.07) is 5.56. The Morgan fingerprint density at radius 1 is 1.21 bits per heavy atom. The molecule has 0 radical (unpaired) electrons. The molecule has 4 heterocycles. The van der Waals surface area contributed by atoms with E-state index < -0.39 is 0 Å². The van der Waals surface area contributed by atoms with E-state index in [1.165, 1.54) is 23.1 Å². The molecule has 0 aliphatic carbocycles. The number of nitrogens with one attached hydrogen (secondary N) is 1. The molecule has 4 aromatic rings. The topological polar surface area (TPSA) is 112 Å². The normalized spacial score (nSPS) is 11.1. The SMILES string of the molecule is CCc1nnc(NC(=O)CSc2nnc(-c3ccoc3C)n2Cc2ccco2)s1. The summed E-state index contributed by atoms with van der Waals surface area (Å²) in [5.41, 5.74) is 0.848. The summed E-state index contributed by atoms with van der Waals surface area (Å²) in [7, 11) is 0. The molecular weight excluding hydrogens is 412 g/mol. The number of carbonyl (C=O) groups excluding carboxylic acids is 1. The number of amides is 1. The van der Waals surface area contributed by atoms with E-state index in [2.05, 4.69) is 25.7 Å². The van der Waals surface area contributed by atoms with Crippen LogP contribution >= 0.6 is 23.1 Å². The van der Waals surface area contributed by atoms with E-state index in [9.17, 15) is 4.79 Å². The first-order chi connectivity index (χ1) is 14.1. The lowest BCUT2D eigenvalue weighted by atomic mass is 10.2. The Morgan fingerprint density at radius 3 is 2.79 bits per heavy atom. The lowest BCUT2D eigenvalue weighted by Gasteiger charge is -2.08. The molecule has 0 saturated carbocycles. The average molecular weight is 431 g/mol. The molecule has 4 rings (SSSR count). The number of hydrogen-bond acceptors (Lipinski definition) is 9. The molecule has 9 nitrogen and oxygen atoms in total. The second-order valence-corrected chi connectivity index (χ2v) is 8.06. The van der Waals surface area contributed by atoms with Crippen LogP contribution in [0.2, 0.25) is 0 Å². The van der Waals surface area contributed by atoms with Gasteiger partial charge in [0, 0.05) is 0 Å². The van der Waals surface area contributed by atoms with Crippen LogP contribution in [0.4, 0.5) is 5.13 Å². The first-order valence-electron chi connectivity index (χ1n) is 8.89. The van der Waals surface area contributed by atoms with Crippen LogP contribution in [0.25, 0.3) is 11.4 Å². The number of carbonyl (C=O) groups is 1. The van der Waals surface area contributed by atoms with Crippen molar-refractivity contribution < 1.29 is 13.6 Å². The molecule has 1 N–H and O–H groups in total. The summed E-state index contributed by atoms with van der Waals surface area (Å²) in [4.78, 5) is 12.3. The zero-order valence-electron chi connectivity index (χ0n) is 15.8. The van der Waals surface area contributed by atoms with Gasteiger partial charge in [0.2, 0.25) is 11.0 Å². The molecule has 0 fully saturated rings. The number of thioether (sulfide) groups is 1. The molecule has 0 aliphatic rings. The summed E-state index contributed by atoms with van der Waals surface area (Å²) >= 11 is 2.67. The van der Waals surface area contributed by atoms with Gasteiger partial charge in [-0.25, -0.2) is 0 Å². The van der Waals surface area contributed by atoms with Gasteiger partial charge in [0.05, 0.1) is 30.4 Å². The van der Waals surface area contributed by atoms with Crippen LogP contribution in [0.1, 0.15) is 23.5 Å². The highest BCUT2D eigenvalue weighted by Crippen LogP contribution is 2.28. The Kier molecular flexibility index (Phi) is 5.76. The van der Waals surface area contributed by atoms with Gasteiger partial charge in [0.15, 0.2) is 11.0 Å². The quantitative estimate of drug-likeness (QED) is 0.422. The van der Waals surface area contributed by atoms with Crippen molar-refractivity contribution in [2.45, 2.75) is 32.0 Å². The molecule has 0 atom stereocenters. The fourth-order valence-electron chi connectivity index (χ4n) is 2.65. The maximum atomic E-state index is 12.3. The Balaban J connectivity index is 1.51. The van der Waals surface area contributed by atoms with E-state index in [0.717, 1.165) is 28.5 Å². The fraction of sp³-hybridized carbons (Fsp3) is 0.278. The highest BCUT2D eigenvalue weighted by atomic mass is 32.2. The highest BCUT2D eigenvalue weighted by Gasteiger charge is 2.19. The zero-order valence-corrected chi connectivity index (χ0v) is 17.4. The van der Waals surface area contributed by atoms with Crippen LogP contribution in [0.5, 0.6) is 0 Å². The van der Waals surface area contributed by atoms with Gasteiger partial charge in [-0.2, -0.15) is 0 Å². The molecular formula is C18H18N6O3S2. The van der Waals surface area contributed by atoms with Gasteiger partial charge in [0.25, 0.3) is 0 Å². The van der Waals surface area contributed by atoms with E-state index in [4.69, 9.17) is 8.83 Å². The Labute approximate surface area is 174 Å². The van der Waals surface area contributed by atoms with Crippen LogP contribution in [-0.4, -0.2) is 36.6 Å². The van der Waals surface area contributed by atoms with Gasteiger partial charge in [0.1, 0.15) is 16.5 Å². The standard InChI is InChI=1S/C18H18N6O3S2/c1-3-15-20-22-17(29-15)19-14(25)10-28-18-23-21-16(13-6-8-26-11(13)2)24(18)9-12-5-4-7-27-12/h4-8H,3,9-10H2,1-2H3,(H,19,22,25). The summed E-state index contributed by atoms with van der Waals surface area (Å²) in [6.07, 6.45) is 4.02. The lowest BCUT2D eigenvalue weighted by Crippen LogP contribution is -2.14. The van der Waals surface area contributed by atoms with Crippen molar-refractivity contribution in [3.63, 3.8) is 0 Å². The maximum absolute atomic E-state index is 12.3. The van der Waals surface area contributed by atoms with E-state index in [0.29, 0.717) is 22.7 Å². The summed E-state index contributed by atoms with van der Waals surface area (Å²) in [6.45, 7) is 4.31. The van der Waals surface area contributed by atoms with Gasteiger partial charge >= 0.3 is 0 Å². The van der Waals surface area contributed by atoms with Crippen molar-refractivity contribution in [1.82, 2.24) is 25.0 Å². The minimum Gasteiger partial charge on any atom is -0.469 e. The van der Waals surface area contributed by atoms with E-state index in [-0.39, 0.29) is 11.7 Å². The third kappa shape index (κ3) is 4.40. The predicted molar refractivity (Wildman–Crippen MR) is 109 cm³/mol. The van der Waals surface area contributed by atoms with E-state index in [1.807, 2.05) is 36.6 Å². The second kappa shape index (κ2) is 8.62. The number of aromatic nitrogens is 5. The molecule has 0 spiro atoms. The average Bonchev–Trinajstić information content (AvgIpc) is 3.49. The van der Waals surface area contributed by atoms with Crippen LogP contribution < -0.4 is 5.32 Å². The minimum atomic E-state index is -0.178. The van der Waals surface area contributed by atoms with Gasteiger partial charge in [-0.1, -0.05) is 30.0 Å². The molecule has 0 aromatic carbocycles. The van der Waals surface area contributed by atoms with E-state index >= 15 is 0 Å². The second-order valence-electron chi connectivity index (χ2n) is 6.05. The van der Waals surface area contributed by atoms with Gasteiger partial charge < -0.3 is 8.83 Å². The van der Waals surface area contributed by atoms with Gasteiger partial charge in [-0.05, 0) is 31.5 Å². The number of hydrogen-bond donors (Lipinski definition) is 1. The van der Waals surface area contributed by atoms with Crippen molar-refractivity contribution in [2.75, 3.05) is 11.1 Å². The number of furan rings is 2. The van der Waals surface area contributed by atoms with Crippen molar-refractivity contribution >= 4 is 34.1 Å². The molecule has 0 bridgehead atoms. The Morgan fingerprint density at radius 2 is 2.10 bits per heavy atom. The summed E-state index contributed by atoms with van der Waals surface area (Å²) in [5.74, 6) is 2.16.